The summed E-state index contributed by atoms with van der Waals surface area (Å²) in [7, 11) is 1.90. The van der Waals surface area contributed by atoms with Crippen LogP contribution in [0.5, 0.6) is 11.5 Å². The Bertz CT molecular complexity index is 304. The Morgan fingerprint density at radius 1 is 1.12 bits per heavy atom. The molecule has 1 aromatic carbocycles. The molecule has 0 aliphatic heterocycles. The Balaban J connectivity index is 2.83. The standard InChI is InChI=1S/C13H21NO3/c1-4-15-10-17-13-11(9-14-3)7-6-8-12(13)16-5-2/h6-8,14H,4-5,9-10H2,1-3H3. The van der Waals surface area contributed by atoms with Crippen LogP contribution in [-0.4, -0.2) is 27.1 Å². The molecule has 0 saturated carbocycles. The van der Waals surface area contributed by atoms with E-state index in [9.17, 15) is 0 Å². The van der Waals surface area contributed by atoms with E-state index >= 15 is 0 Å². The molecule has 1 N–H and O–H groups in total. The monoisotopic (exact) mass is 239 g/mol. The van der Waals surface area contributed by atoms with Gasteiger partial charge in [0.1, 0.15) is 0 Å². The van der Waals surface area contributed by atoms with Crippen LogP contribution in [0.2, 0.25) is 0 Å². The van der Waals surface area contributed by atoms with Crippen molar-refractivity contribution in [3.05, 3.63) is 23.8 Å². The molecule has 0 amide bonds. The van der Waals surface area contributed by atoms with Crippen LogP contribution >= 0.6 is 0 Å². The zero-order valence-corrected chi connectivity index (χ0v) is 10.8. The molecule has 96 valence electrons. The van der Waals surface area contributed by atoms with Gasteiger partial charge in [0.25, 0.3) is 0 Å². The fourth-order valence-electron chi connectivity index (χ4n) is 1.51. The number of nitrogens with one attached hydrogen (secondary N) is 1. The quantitative estimate of drug-likeness (QED) is 0.557. The lowest BCUT2D eigenvalue weighted by Gasteiger charge is -2.15. The van der Waals surface area contributed by atoms with E-state index in [1.807, 2.05) is 39.1 Å². The van der Waals surface area contributed by atoms with Crippen molar-refractivity contribution in [3.8, 4) is 11.5 Å². The van der Waals surface area contributed by atoms with Crippen molar-refractivity contribution >= 4 is 0 Å². The highest BCUT2D eigenvalue weighted by atomic mass is 16.7. The van der Waals surface area contributed by atoms with E-state index < -0.39 is 0 Å². The largest absolute Gasteiger partial charge is 0.490 e. The molecule has 4 heteroatoms. The van der Waals surface area contributed by atoms with Gasteiger partial charge in [-0.3, -0.25) is 0 Å². The first-order valence-electron chi connectivity index (χ1n) is 5.93. The molecular weight excluding hydrogens is 218 g/mol. The number of rotatable bonds is 8. The molecule has 0 fully saturated rings. The summed E-state index contributed by atoms with van der Waals surface area (Å²) in [5.74, 6) is 1.53. The summed E-state index contributed by atoms with van der Waals surface area (Å²) >= 11 is 0. The number of hydrogen-bond donors (Lipinski definition) is 1. The highest BCUT2D eigenvalue weighted by Crippen LogP contribution is 2.31. The molecule has 0 bridgehead atoms. The molecule has 0 heterocycles. The van der Waals surface area contributed by atoms with Gasteiger partial charge in [0.2, 0.25) is 0 Å². The Labute approximate surface area is 103 Å². The van der Waals surface area contributed by atoms with Crippen molar-refractivity contribution in [1.82, 2.24) is 5.32 Å². The Morgan fingerprint density at radius 3 is 2.59 bits per heavy atom. The smallest absolute Gasteiger partial charge is 0.189 e. The van der Waals surface area contributed by atoms with Crippen molar-refractivity contribution in [2.24, 2.45) is 0 Å². The molecular formula is C13H21NO3. The third-order valence-electron chi connectivity index (χ3n) is 2.22. The van der Waals surface area contributed by atoms with Crippen LogP contribution in [0, 0.1) is 0 Å². The molecule has 0 spiro atoms. The van der Waals surface area contributed by atoms with Crippen molar-refractivity contribution in [2.45, 2.75) is 20.4 Å². The topological polar surface area (TPSA) is 39.7 Å². The molecule has 0 saturated heterocycles. The Morgan fingerprint density at radius 2 is 1.94 bits per heavy atom. The van der Waals surface area contributed by atoms with Crippen LogP contribution in [-0.2, 0) is 11.3 Å². The molecule has 1 aromatic rings. The minimum atomic E-state index is 0.247. The second kappa shape index (κ2) is 7.92. The van der Waals surface area contributed by atoms with Gasteiger partial charge >= 0.3 is 0 Å². The summed E-state index contributed by atoms with van der Waals surface area (Å²) in [5.41, 5.74) is 1.07. The van der Waals surface area contributed by atoms with Gasteiger partial charge in [0.15, 0.2) is 18.3 Å². The van der Waals surface area contributed by atoms with Crippen LogP contribution in [0.4, 0.5) is 0 Å². The molecule has 0 radical (unpaired) electrons. The fourth-order valence-corrected chi connectivity index (χ4v) is 1.51. The van der Waals surface area contributed by atoms with Gasteiger partial charge < -0.3 is 19.5 Å². The lowest BCUT2D eigenvalue weighted by atomic mass is 10.2. The van der Waals surface area contributed by atoms with E-state index in [1.54, 1.807) is 0 Å². The SMILES string of the molecule is CCOCOc1c(CNC)cccc1OCC. The average molecular weight is 239 g/mol. The summed E-state index contributed by atoms with van der Waals surface area (Å²) in [6, 6.07) is 5.88. The van der Waals surface area contributed by atoms with Gasteiger partial charge in [-0.2, -0.15) is 0 Å². The highest BCUT2D eigenvalue weighted by Gasteiger charge is 2.10. The summed E-state index contributed by atoms with van der Waals surface area (Å²) in [4.78, 5) is 0. The fraction of sp³-hybridized carbons (Fsp3) is 0.538. The van der Waals surface area contributed by atoms with Gasteiger partial charge in [-0.15, -0.1) is 0 Å². The first-order chi connectivity index (χ1) is 8.33. The second-order valence-electron chi connectivity index (χ2n) is 3.46. The van der Waals surface area contributed by atoms with E-state index in [1.165, 1.54) is 0 Å². The van der Waals surface area contributed by atoms with Crippen LogP contribution in [0.15, 0.2) is 18.2 Å². The number of benzene rings is 1. The predicted octanol–water partition coefficient (Wildman–Crippen LogP) is 2.18. The van der Waals surface area contributed by atoms with Crippen molar-refractivity contribution in [1.29, 1.82) is 0 Å². The average Bonchev–Trinajstić information content (AvgIpc) is 2.33. The molecule has 17 heavy (non-hydrogen) atoms. The maximum Gasteiger partial charge on any atom is 0.189 e. The lowest BCUT2D eigenvalue weighted by molar-refractivity contribution is 0.0199. The molecule has 0 atom stereocenters. The van der Waals surface area contributed by atoms with Gasteiger partial charge in [0.05, 0.1) is 6.61 Å². The van der Waals surface area contributed by atoms with Gasteiger partial charge in [0, 0.05) is 18.7 Å². The molecule has 0 aromatic heterocycles. The van der Waals surface area contributed by atoms with Crippen LogP contribution in [0.3, 0.4) is 0 Å². The third-order valence-corrected chi connectivity index (χ3v) is 2.22. The minimum absolute atomic E-state index is 0.247. The first kappa shape index (κ1) is 13.8. The third kappa shape index (κ3) is 4.24. The maximum absolute atomic E-state index is 5.63. The maximum atomic E-state index is 5.63. The van der Waals surface area contributed by atoms with Crippen molar-refractivity contribution in [2.75, 3.05) is 27.1 Å². The van der Waals surface area contributed by atoms with Crippen LogP contribution < -0.4 is 14.8 Å². The Kier molecular flexibility index (Phi) is 6.43. The summed E-state index contributed by atoms with van der Waals surface area (Å²) < 4.78 is 16.4. The molecule has 4 nitrogen and oxygen atoms in total. The van der Waals surface area contributed by atoms with Gasteiger partial charge in [-0.25, -0.2) is 0 Å². The number of para-hydroxylation sites is 1. The van der Waals surface area contributed by atoms with Crippen LogP contribution in [0.25, 0.3) is 0 Å². The highest BCUT2D eigenvalue weighted by molar-refractivity contribution is 5.46. The first-order valence-corrected chi connectivity index (χ1v) is 5.93. The number of ether oxygens (including phenoxy) is 3. The summed E-state index contributed by atoms with van der Waals surface area (Å²) in [6.07, 6.45) is 0. The summed E-state index contributed by atoms with van der Waals surface area (Å²) in [5, 5.41) is 3.11. The van der Waals surface area contributed by atoms with Crippen molar-refractivity contribution < 1.29 is 14.2 Å². The zero-order valence-electron chi connectivity index (χ0n) is 10.8. The molecule has 0 aliphatic rings. The van der Waals surface area contributed by atoms with E-state index in [4.69, 9.17) is 14.2 Å². The number of hydrogen-bond acceptors (Lipinski definition) is 4. The Hall–Kier alpha value is -1.26. The van der Waals surface area contributed by atoms with E-state index in [-0.39, 0.29) is 6.79 Å². The van der Waals surface area contributed by atoms with Gasteiger partial charge in [-0.05, 0) is 27.0 Å². The normalized spacial score (nSPS) is 10.3. The minimum Gasteiger partial charge on any atom is -0.490 e. The molecule has 1 rings (SSSR count). The predicted molar refractivity (Wildman–Crippen MR) is 67.5 cm³/mol. The van der Waals surface area contributed by atoms with Crippen molar-refractivity contribution in [3.63, 3.8) is 0 Å². The molecule has 0 unspecified atom stereocenters. The molecule has 0 aliphatic carbocycles. The second-order valence-corrected chi connectivity index (χ2v) is 3.46. The summed E-state index contributed by atoms with van der Waals surface area (Å²) in [6.45, 7) is 6.13. The van der Waals surface area contributed by atoms with E-state index in [2.05, 4.69) is 5.32 Å². The zero-order chi connectivity index (χ0) is 12.5. The van der Waals surface area contributed by atoms with Crippen LogP contribution in [0.1, 0.15) is 19.4 Å². The van der Waals surface area contributed by atoms with E-state index in [0.29, 0.717) is 13.2 Å². The van der Waals surface area contributed by atoms with E-state index in [0.717, 1.165) is 23.6 Å². The lowest BCUT2D eigenvalue weighted by Crippen LogP contribution is -2.10. The van der Waals surface area contributed by atoms with Gasteiger partial charge in [-0.1, -0.05) is 12.1 Å².